The third kappa shape index (κ3) is 34.5. The number of nitrogens with zero attached hydrogens (tertiary/aromatic N) is 1. The summed E-state index contributed by atoms with van der Waals surface area (Å²) in [5.41, 5.74) is 0. The van der Waals surface area contributed by atoms with Gasteiger partial charge >= 0.3 is 11.9 Å². The van der Waals surface area contributed by atoms with E-state index in [2.05, 4.69) is 68.5 Å². The van der Waals surface area contributed by atoms with Gasteiger partial charge in [-0.2, -0.15) is 0 Å². The van der Waals surface area contributed by atoms with Crippen molar-refractivity contribution in [3.05, 3.63) is 60.8 Å². The molecule has 0 radical (unpaired) electrons. The number of rotatable bonds is 36. The molecule has 0 bridgehead atoms. The lowest BCUT2D eigenvalue weighted by atomic mass is 10.1. The summed E-state index contributed by atoms with van der Waals surface area (Å²) in [4.78, 5) is 36.7. The van der Waals surface area contributed by atoms with E-state index in [9.17, 15) is 19.5 Å². The van der Waals surface area contributed by atoms with Crippen molar-refractivity contribution in [3.63, 3.8) is 0 Å². The van der Waals surface area contributed by atoms with E-state index in [0.29, 0.717) is 12.8 Å². The van der Waals surface area contributed by atoms with Crippen molar-refractivity contribution < 1.29 is 38.2 Å². The van der Waals surface area contributed by atoms with Crippen LogP contribution in [0, 0.1) is 0 Å². The summed E-state index contributed by atoms with van der Waals surface area (Å²) < 4.78 is 17.1. The predicted octanol–water partition coefficient (Wildman–Crippen LogP) is 9.69. The van der Waals surface area contributed by atoms with Crippen LogP contribution in [-0.2, 0) is 28.6 Å². The fourth-order valence-corrected chi connectivity index (χ4v) is 5.65. The minimum Gasteiger partial charge on any atom is -0.544 e. The molecule has 304 valence electrons. The van der Waals surface area contributed by atoms with Crippen LogP contribution in [0.3, 0.4) is 0 Å². The first kappa shape index (κ1) is 50.0. The Bertz CT molecular complexity index is 1050. The lowest BCUT2D eigenvalue weighted by Gasteiger charge is -2.34. The largest absolute Gasteiger partial charge is 0.544 e. The molecule has 2 atom stereocenters. The van der Waals surface area contributed by atoms with Crippen LogP contribution in [0.2, 0.25) is 0 Å². The molecule has 0 aliphatic rings. The van der Waals surface area contributed by atoms with Gasteiger partial charge in [-0.15, -0.1) is 0 Å². The first-order valence-corrected chi connectivity index (χ1v) is 20.9. The summed E-state index contributed by atoms with van der Waals surface area (Å²) in [6.45, 7) is 4.53. The lowest BCUT2D eigenvalue weighted by Crippen LogP contribution is -2.55. The van der Waals surface area contributed by atoms with Gasteiger partial charge in [-0.1, -0.05) is 139 Å². The van der Waals surface area contributed by atoms with Crippen molar-refractivity contribution >= 4 is 17.9 Å². The summed E-state index contributed by atoms with van der Waals surface area (Å²) in [6.07, 6.45) is 42.4. The number of hydrogen-bond acceptors (Lipinski definition) is 7. The highest BCUT2D eigenvalue weighted by Gasteiger charge is 2.25. The molecule has 0 amide bonds. The molecule has 0 rings (SSSR count). The SMILES string of the molecule is CCCC/C=C/CCCCCCCC(=O)OC(COCCC(C(=O)[O-])[N+](C)(C)C)COC(=O)CCCCCCC/C=C/C=C/C=C/C=C/CCCCC. The topological polar surface area (TPSA) is 102 Å². The minimum atomic E-state index is -1.13. The number of carboxylic acid groups (broad SMARTS) is 1. The van der Waals surface area contributed by atoms with Gasteiger partial charge in [0, 0.05) is 19.3 Å². The van der Waals surface area contributed by atoms with E-state index >= 15 is 0 Å². The Morgan fingerprint density at radius 3 is 1.58 bits per heavy atom. The van der Waals surface area contributed by atoms with E-state index in [0.717, 1.165) is 89.9 Å². The molecule has 0 aromatic carbocycles. The Morgan fingerprint density at radius 2 is 1.04 bits per heavy atom. The van der Waals surface area contributed by atoms with Crippen LogP contribution in [0.5, 0.6) is 0 Å². The average molecular weight is 744 g/mol. The molecule has 8 heteroatoms. The van der Waals surface area contributed by atoms with Crippen molar-refractivity contribution in [3.8, 4) is 0 Å². The third-order valence-electron chi connectivity index (χ3n) is 8.97. The molecule has 0 spiro atoms. The second kappa shape index (κ2) is 36.0. The maximum atomic E-state index is 12.6. The van der Waals surface area contributed by atoms with Crippen molar-refractivity contribution in [2.45, 2.75) is 167 Å². The number of carbonyl (C=O) groups is 3. The molecule has 0 aliphatic heterocycles. The summed E-state index contributed by atoms with van der Waals surface area (Å²) in [5.74, 6) is -1.79. The summed E-state index contributed by atoms with van der Waals surface area (Å²) in [6, 6.07) is -0.732. The predicted molar refractivity (Wildman–Crippen MR) is 217 cm³/mol. The molecule has 0 heterocycles. The number of esters is 2. The highest BCUT2D eigenvalue weighted by molar-refractivity contribution is 5.70. The number of hydrogen-bond donors (Lipinski definition) is 0. The Hall–Kier alpha value is -2.97. The van der Waals surface area contributed by atoms with Crippen molar-refractivity contribution in [2.24, 2.45) is 0 Å². The van der Waals surface area contributed by atoms with Crippen LogP contribution in [0.1, 0.15) is 155 Å². The van der Waals surface area contributed by atoms with Gasteiger partial charge in [0.2, 0.25) is 0 Å². The molecule has 0 N–H and O–H groups in total. The normalized spacial score (nSPS) is 13.6. The van der Waals surface area contributed by atoms with E-state index in [1.54, 1.807) is 21.1 Å². The molecule has 0 saturated heterocycles. The quantitative estimate of drug-likeness (QED) is 0.0207. The number of carboxylic acids is 1. The molecule has 8 nitrogen and oxygen atoms in total. The summed E-state index contributed by atoms with van der Waals surface area (Å²) >= 11 is 0. The molecule has 0 fully saturated rings. The maximum Gasteiger partial charge on any atom is 0.306 e. The van der Waals surface area contributed by atoms with Crippen molar-refractivity contribution in [2.75, 3.05) is 41.0 Å². The summed E-state index contributed by atoms with van der Waals surface area (Å²) in [7, 11) is 5.38. The zero-order chi connectivity index (χ0) is 39.3. The van der Waals surface area contributed by atoms with Gasteiger partial charge in [-0.3, -0.25) is 9.59 Å². The summed E-state index contributed by atoms with van der Waals surface area (Å²) in [5, 5.41) is 11.6. The molecule has 2 unspecified atom stereocenters. The van der Waals surface area contributed by atoms with Gasteiger partial charge in [0.15, 0.2) is 6.10 Å². The fourth-order valence-electron chi connectivity index (χ4n) is 5.65. The monoisotopic (exact) mass is 744 g/mol. The van der Waals surface area contributed by atoms with E-state index < -0.39 is 18.1 Å². The van der Waals surface area contributed by atoms with Crippen molar-refractivity contribution in [1.82, 2.24) is 0 Å². The molecular weight excluding hydrogens is 666 g/mol. The van der Waals surface area contributed by atoms with Gasteiger partial charge in [0.25, 0.3) is 0 Å². The van der Waals surface area contributed by atoms with E-state index in [-0.39, 0.29) is 42.7 Å². The third-order valence-corrected chi connectivity index (χ3v) is 8.97. The van der Waals surface area contributed by atoms with Gasteiger partial charge < -0.3 is 28.6 Å². The fraction of sp³-hybridized carbons (Fsp3) is 0.711. The Kier molecular flexibility index (Phi) is 34.0. The van der Waals surface area contributed by atoms with E-state index in [4.69, 9.17) is 14.2 Å². The Labute approximate surface area is 324 Å². The van der Waals surface area contributed by atoms with Gasteiger partial charge in [-0.25, -0.2) is 0 Å². The van der Waals surface area contributed by atoms with Crippen LogP contribution >= 0.6 is 0 Å². The first-order valence-electron chi connectivity index (χ1n) is 20.9. The van der Waals surface area contributed by atoms with E-state index in [1.165, 1.54) is 32.1 Å². The number of aliphatic carboxylic acids is 1. The zero-order valence-corrected chi connectivity index (χ0v) is 34.4. The standard InChI is InChI=1S/C45H77NO7/c1-6-8-10-12-14-16-18-19-20-21-22-23-24-26-27-29-31-33-35-43(47)52-40-41(39-51-38-37-42(45(49)50)46(3,4)5)53-44(48)36-34-32-30-28-25-17-15-13-11-9-7-2/h13-16,18-23,41-42H,6-12,17,24-40H2,1-5H3/b15-13+,16-14+,19-18+,21-20+,23-22+. The highest BCUT2D eigenvalue weighted by atomic mass is 16.6. The average Bonchev–Trinajstić information content (AvgIpc) is 3.11. The molecule has 0 aromatic rings. The van der Waals surface area contributed by atoms with Gasteiger partial charge in [-0.05, 0) is 57.8 Å². The second-order valence-electron chi connectivity index (χ2n) is 15.0. The number of carbonyl (C=O) groups excluding carboxylic acids is 3. The molecule has 0 aromatic heterocycles. The molecular formula is C45H77NO7. The van der Waals surface area contributed by atoms with Crippen LogP contribution in [0.25, 0.3) is 0 Å². The smallest absolute Gasteiger partial charge is 0.306 e. The van der Waals surface area contributed by atoms with Crippen LogP contribution in [0.15, 0.2) is 60.8 Å². The number of unbranched alkanes of at least 4 members (excludes halogenated alkanes) is 15. The zero-order valence-electron chi connectivity index (χ0n) is 34.4. The first-order chi connectivity index (χ1) is 25.6. The van der Waals surface area contributed by atoms with E-state index in [1.807, 2.05) is 6.08 Å². The minimum absolute atomic E-state index is 0.0270. The number of ether oxygens (including phenoxy) is 3. The van der Waals surface area contributed by atoms with Crippen molar-refractivity contribution in [1.29, 1.82) is 0 Å². The van der Waals surface area contributed by atoms with Crippen LogP contribution < -0.4 is 5.11 Å². The van der Waals surface area contributed by atoms with Crippen LogP contribution in [0.4, 0.5) is 0 Å². The highest BCUT2D eigenvalue weighted by Crippen LogP contribution is 2.12. The van der Waals surface area contributed by atoms with Crippen LogP contribution in [-0.4, -0.2) is 75.5 Å². The van der Waals surface area contributed by atoms with Gasteiger partial charge in [0.1, 0.15) is 12.6 Å². The maximum absolute atomic E-state index is 12.6. The Morgan fingerprint density at radius 1 is 0.566 bits per heavy atom. The number of quaternary nitrogens is 1. The second-order valence-corrected chi connectivity index (χ2v) is 15.0. The lowest BCUT2D eigenvalue weighted by molar-refractivity contribution is -0.889. The molecule has 0 saturated carbocycles. The molecule has 0 aliphatic carbocycles. The number of allylic oxidation sites excluding steroid dienone is 10. The van der Waals surface area contributed by atoms with Gasteiger partial charge in [0.05, 0.1) is 40.3 Å². The Balaban J connectivity index is 4.42. The molecule has 53 heavy (non-hydrogen) atoms. The number of likely N-dealkylation sites (N-methyl/N-ethyl adjacent to an activating group) is 1.